The molecule has 1 saturated heterocycles. The van der Waals surface area contributed by atoms with Crippen molar-refractivity contribution in [3.63, 3.8) is 0 Å². The van der Waals surface area contributed by atoms with Crippen molar-refractivity contribution in [2.45, 2.75) is 32.1 Å². The molecule has 13 heteroatoms. The first kappa shape index (κ1) is 27.2. The Labute approximate surface area is 214 Å². The summed E-state index contributed by atoms with van der Waals surface area (Å²) in [6, 6.07) is 2.68. The monoisotopic (exact) mass is 542 g/mol. The fraction of sp³-hybridized carbons (Fsp3) is 0.458. The number of ether oxygens (including phenoxy) is 2. The Morgan fingerprint density at radius 1 is 1.38 bits per heavy atom. The Morgan fingerprint density at radius 3 is 2.81 bits per heavy atom. The number of halogens is 4. The number of aryl methyl sites for hydroxylation is 1. The molecule has 1 fully saturated rings. The number of aliphatic hydroxyl groups excluding tert-OH is 1. The van der Waals surface area contributed by atoms with Gasteiger partial charge in [-0.15, -0.1) is 11.3 Å². The molecule has 0 bridgehead atoms. The number of thiazole rings is 1. The van der Waals surface area contributed by atoms with Crippen molar-refractivity contribution in [1.82, 2.24) is 15.2 Å². The molecule has 200 valence electrons. The Kier molecular flexibility index (Phi) is 8.26. The predicted octanol–water partition coefficient (Wildman–Crippen LogP) is 3.21. The van der Waals surface area contributed by atoms with Crippen LogP contribution in [0.2, 0.25) is 0 Å². The van der Waals surface area contributed by atoms with Crippen LogP contribution in [0.3, 0.4) is 0 Å². The van der Waals surface area contributed by atoms with E-state index in [1.54, 1.807) is 13.8 Å². The van der Waals surface area contributed by atoms with E-state index in [-0.39, 0.29) is 48.8 Å². The van der Waals surface area contributed by atoms with Crippen LogP contribution in [0, 0.1) is 12.7 Å². The predicted molar refractivity (Wildman–Crippen MR) is 128 cm³/mol. The molecular weight excluding hydrogens is 516 g/mol. The van der Waals surface area contributed by atoms with Gasteiger partial charge >= 0.3 is 12.1 Å². The van der Waals surface area contributed by atoms with E-state index in [0.29, 0.717) is 41.3 Å². The van der Waals surface area contributed by atoms with Gasteiger partial charge in [-0.05, 0) is 37.1 Å². The van der Waals surface area contributed by atoms with Crippen LogP contribution in [0.25, 0.3) is 0 Å². The summed E-state index contributed by atoms with van der Waals surface area (Å²) in [4.78, 5) is 22.8. The minimum Gasteiger partial charge on any atom is -0.463 e. The number of morpholine rings is 1. The van der Waals surface area contributed by atoms with Gasteiger partial charge in [0.15, 0.2) is 10.8 Å². The summed E-state index contributed by atoms with van der Waals surface area (Å²) < 4.78 is 64.5. The molecule has 2 atom stereocenters. The number of nitrogens with one attached hydrogen (secondary N) is 1. The van der Waals surface area contributed by atoms with Crippen LogP contribution in [-0.4, -0.2) is 72.4 Å². The van der Waals surface area contributed by atoms with Crippen LogP contribution in [0.1, 0.15) is 34.0 Å². The number of benzene rings is 1. The lowest BCUT2D eigenvalue weighted by atomic mass is 9.92. The fourth-order valence-electron chi connectivity index (χ4n) is 4.23. The van der Waals surface area contributed by atoms with Crippen molar-refractivity contribution in [2.24, 2.45) is 4.99 Å². The Hall–Kier alpha value is -2.87. The molecule has 4 rings (SSSR count). The lowest BCUT2D eigenvalue weighted by Gasteiger charge is -2.37. The molecule has 37 heavy (non-hydrogen) atoms. The summed E-state index contributed by atoms with van der Waals surface area (Å²) >= 11 is 0.421. The van der Waals surface area contributed by atoms with Crippen molar-refractivity contribution >= 4 is 23.1 Å². The van der Waals surface area contributed by atoms with Crippen molar-refractivity contribution in [3.05, 3.63) is 62.5 Å². The van der Waals surface area contributed by atoms with Gasteiger partial charge in [0.25, 0.3) is 0 Å². The number of aliphatic imine (C=N–C) groups is 1. The molecule has 0 amide bonds. The molecule has 2 N–H and O–H groups in total. The van der Waals surface area contributed by atoms with E-state index in [2.05, 4.69) is 15.3 Å². The van der Waals surface area contributed by atoms with Crippen LogP contribution >= 0.6 is 11.3 Å². The first-order chi connectivity index (χ1) is 17.6. The van der Waals surface area contributed by atoms with Gasteiger partial charge in [-0.1, -0.05) is 6.07 Å². The molecule has 0 saturated carbocycles. The molecule has 0 aliphatic carbocycles. The van der Waals surface area contributed by atoms with Crippen molar-refractivity contribution < 1.29 is 36.9 Å². The lowest BCUT2D eigenvalue weighted by Crippen LogP contribution is -2.50. The molecule has 2 aromatic rings. The molecular formula is C24H26F4N4O4S. The van der Waals surface area contributed by atoms with Crippen molar-refractivity contribution in [3.8, 4) is 0 Å². The minimum atomic E-state index is -4.57. The summed E-state index contributed by atoms with van der Waals surface area (Å²) in [5, 5.41) is 12.8. The van der Waals surface area contributed by atoms with E-state index < -0.39 is 28.9 Å². The Bertz CT molecular complexity index is 1210. The first-order valence-corrected chi connectivity index (χ1v) is 12.4. The number of carbonyl (C=O) groups is 1. The maximum absolute atomic E-state index is 13.9. The normalized spacial score (nSPS) is 21.0. The van der Waals surface area contributed by atoms with Crippen LogP contribution in [0.15, 0.2) is 40.7 Å². The number of alkyl halides is 3. The van der Waals surface area contributed by atoms with E-state index >= 15 is 0 Å². The molecule has 2 aliphatic heterocycles. The summed E-state index contributed by atoms with van der Waals surface area (Å²) in [5.41, 5.74) is 1.50. The second-order valence-corrected chi connectivity index (χ2v) is 9.56. The second-order valence-electron chi connectivity index (χ2n) is 8.53. The maximum Gasteiger partial charge on any atom is 0.427 e. The minimum absolute atomic E-state index is 0.0156. The standard InChI is InChI=1S/C24H26F4N4O4S/c1-3-36-23(34)19-17(10-32-6-7-35-12-15(32)11-33)30-21(22-29-9-18(37-22)24(26,27)28)31-20(19)16-5-4-14(25)8-13(16)2/h4-5,8-9,15,20,33H,3,6-7,10-12H2,1-2H3,(H,30,31). The molecule has 0 radical (unpaired) electrons. The largest absolute Gasteiger partial charge is 0.463 e. The zero-order valence-corrected chi connectivity index (χ0v) is 21.0. The van der Waals surface area contributed by atoms with Gasteiger partial charge in [0.1, 0.15) is 16.7 Å². The van der Waals surface area contributed by atoms with E-state index in [9.17, 15) is 27.5 Å². The third kappa shape index (κ3) is 6.00. The molecule has 2 aliphatic rings. The number of rotatable bonds is 7. The molecule has 1 aromatic heterocycles. The quantitative estimate of drug-likeness (QED) is 0.410. The summed E-state index contributed by atoms with van der Waals surface area (Å²) in [6.07, 6.45) is -3.84. The third-order valence-electron chi connectivity index (χ3n) is 6.06. The highest BCUT2D eigenvalue weighted by atomic mass is 32.1. The number of aliphatic hydroxyl groups is 1. The lowest BCUT2D eigenvalue weighted by molar-refractivity contribution is -0.139. The number of esters is 1. The van der Waals surface area contributed by atoms with Gasteiger partial charge < -0.3 is 19.9 Å². The average molecular weight is 543 g/mol. The zero-order chi connectivity index (χ0) is 26.7. The fourth-order valence-corrected chi connectivity index (χ4v) is 4.97. The SMILES string of the molecule is CCOC(=O)C1=C(CN2CCOCC2CO)NC(c2ncc(C(F)(F)F)s2)=NC1c1ccc(F)cc1C. The van der Waals surface area contributed by atoms with Crippen LogP contribution < -0.4 is 5.32 Å². The smallest absolute Gasteiger partial charge is 0.427 e. The van der Waals surface area contributed by atoms with Gasteiger partial charge in [0.2, 0.25) is 0 Å². The van der Waals surface area contributed by atoms with E-state index in [1.807, 2.05) is 4.90 Å². The molecule has 2 unspecified atom stereocenters. The van der Waals surface area contributed by atoms with Gasteiger partial charge in [-0.3, -0.25) is 9.89 Å². The van der Waals surface area contributed by atoms with Crippen LogP contribution in [0.5, 0.6) is 0 Å². The van der Waals surface area contributed by atoms with Gasteiger partial charge in [-0.25, -0.2) is 14.2 Å². The number of aromatic nitrogens is 1. The summed E-state index contributed by atoms with van der Waals surface area (Å²) in [7, 11) is 0. The van der Waals surface area contributed by atoms with E-state index in [4.69, 9.17) is 9.47 Å². The number of hydrogen-bond donors (Lipinski definition) is 2. The van der Waals surface area contributed by atoms with Crippen molar-refractivity contribution in [1.29, 1.82) is 0 Å². The van der Waals surface area contributed by atoms with E-state index in [1.165, 1.54) is 18.2 Å². The highest BCUT2D eigenvalue weighted by Gasteiger charge is 2.37. The number of nitrogens with zero attached hydrogens (tertiary/aromatic N) is 3. The molecule has 3 heterocycles. The third-order valence-corrected chi connectivity index (χ3v) is 7.11. The highest BCUT2D eigenvalue weighted by Crippen LogP contribution is 2.37. The summed E-state index contributed by atoms with van der Waals surface area (Å²) in [6.45, 7) is 4.48. The van der Waals surface area contributed by atoms with Gasteiger partial charge in [0.05, 0.1) is 44.2 Å². The number of hydrogen-bond acceptors (Lipinski definition) is 9. The maximum atomic E-state index is 13.9. The zero-order valence-electron chi connectivity index (χ0n) is 20.1. The summed E-state index contributed by atoms with van der Waals surface area (Å²) in [5.74, 6) is -1.09. The van der Waals surface area contributed by atoms with Crippen LogP contribution in [-0.2, 0) is 20.4 Å². The average Bonchev–Trinajstić information content (AvgIpc) is 3.35. The Balaban J connectivity index is 1.84. The second kappa shape index (κ2) is 11.3. The first-order valence-electron chi connectivity index (χ1n) is 11.6. The van der Waals surface area contributed by atoms with Crippen LogP contribution in [0.4, 0.5) is 17.6 Å². The number of carbonyl (C=O) groups excluding carboxylic acids is 1. The van der Waals surface area contributed by atoms with Gasteiger partial charge in [0, 0.05) is 18.8 Å². The van der Waals surface area contributed by atoms with E-state index in [0.717, 1.165) is 6.20 Å². The topological polar surface area (TPSA) is 96.3 Å². The molecule has 8 nitrogen and oxygen atoms in total. The highest BCUT2D eigenvalue weighted by molar-refractivity contribution is 7.13. The van der Waals surface area contributed by atoms with Crippen molar-refractivity contribution in [2.75, 3.05) is 39.5 Å². The van der Waals surface area contributed by atoms with Gasteiger partial charge in [-0.2, -0.15) is 13.2 Å². The number of amidine groups is 1. The Morgan fingerprint density at radius 2 is 2.16 bits per heavy atom. The molecule has 1 aromatic carbocycles. The molecule has 0 spiro atoms.